The van der Waals surface area contributed by atoms with Gasteiger partial charge in [-0.3, -0.25) is 4.98 Å². The monoisotopic (exact) mass is 245 g/mol. The largest absolute Gasteiger partial charge is 0.257 e. The van der Waals surface area contributed by atoms with Crippen molar-refractivity contribution in [1.29, 1.82) is 0 Å². The van der Waals surface area contributed by atoms with E-state index in [9.17, 15) is 8.42 Å². The van der Waals surface area contributed by atoms with Crippen molar-refractivity contribution in [2.24, 2.45) is 0 Å². The van der Waals surface area contributed by atoms with E-state index >= 15 is 0 Å². The van der Waals surface area contributed by atoms with E-state index in [0.717, 1.165) is 0 Å². The summed E-state index contributed by atoms with van der Waals surface area (Å²) < 4.78 is 23.8. The summed E-state index contributed by atoms with van der Waals surface area (Å²) in [6.45, 7) is 0. The molecule has 0 N–H and O–H groups in total. The molecule has 0 aliphatic carbocycles. The Kier molecular flexibility index (Phi) is 3.35. The first-order valence-corrected chi connectivity index (χ1v) is 6.62. The minimum Gasteiger partial charge on any atom is -0.257 e. The first-order chi connectivity index (χ1) is 8.18. The van der Waals surface area contributed by atoms with Crippen LogP contribution in [0, 0.1) is 0 Å². The fourth-order valence-corrected chi connectivity index (χ4v) is 2.33. The van der Waals surface area contributed by atoms with Crippen LogP contribution in [0.2, 0.25) is 0 Å². The zero-order valence-corrected chi connectivity index (χ0v) is 9.84. The molecule has 2 rings (SSSR count). The van der Waals surface area contributed by atoms with Crippen LogP contribution in [-0.4, -0.2) is 13.4 Å². The Balaban J connectivity index is 2.28. The molecule has 0 fully saturated rings. The third-order valence-electron chi connectivity index (χ3n) is 2.18. The predicted molar refractivity (Wildman–Crippen MR) is 66.9 cm³/mol. The average Bonchev–Trinajstić information content (AvgIpc) is 2.39. The SMILES string of the molecule is O=S(=O)(/C=C\c1ccccn1)c1ccccc1. The fourth-order valence-electron chi connectivity index (χ4n) is 1.32. The molecule has 1 aromatic carbocycles. The number of hydrogen-bond donors (Lipinski definition) is 0. The van der Waals surface area contributed by atoms with Gasteiger partial charge in [-0.05, 0) is 30.3 Å². The molecule has 3 nitrogen and oxygen atoms in total. The van der Waals surface area contributed by atoms with Crippen LogP contribution < -0.4 is 0 Å². The first kappa shape index (κ1) is 11.5. The highest BCUT2D eigenvalue weighted by atomic mass is 32.2. The van der Waals surface area contributed by atoms with Crippen LogP contribution in [0.15, 0.2) is 65.0 Å². The van der Waals surface area contributed by atoms with Gasteiger partial charge >= 0.3 is 0 Å². The maximum Gasteiger partial charge on any atom is 0.199 e. The molecule has 1 heterocycles. The lowest BCUT2D eigenvalue weighted by atomic mass is 10.3. The predicted octanol–water partition coefficient (Wildman–Crippen LogP) is 2.53. The molecule has 2 aromatic rings. The van der Waals surface area contributed by atoms with Crippen LogP contribution >= 0.6 is 0 Å². The van der Waals surface area contributed by atoms with Crippen molar-refractivity contribution in [1.82, 2.24) is 4.98 Å². The van der Waals surface area contributed by atoms with Gasteiger partial charge in [0.05, 0.1) is 10.6 Å². The highest BCUT2D eigenvalue weighted by molar-refractivity contribution is 7.94. The third-order valence-corrected chi connectivity index (χ3v) is 3.60. The van der Waals surface area contributed by atoms with E-state index < -0.39 is 9.84 Å². The standard InChI is InChI=1S/C13H11NO2S/c15-17(16,13-7-2-1-3-8-13)11-9-12-6-4-5-10-14-12/h1-11H/b11-9-. The lowest BCUT2D eigenvalue weighted by Crippen LogP contribution is -1.95. The first-order valence-electron chi connectivity index (χ1n) is 5.08. The summed E-state index contributed by atoms with van der Waals surface area (Å²) >= 11 is 0. The van der Waals surface area contributed by atoms with E-state index in [0.29, 0.717) is 5.69 Å². The maximum absolute atomic E-state index is 11.9. The Morgan fingerprint density at radius 2 is 1.65 bits per heavy atom. The summed E-state index contributed by atoms with van der Waals surface area (Å²) in [5, 5.41) is 1.17. The Labute approximate surface area is 100 Å². The van der Waals surface area contributed by atoms with Gasteiger partial charge < -0.3 is 0 Å². The molecule has 0 atom stereocenters. The molecule has 0 saturated heterocycles. The summed E-state index contributed by atoms with van der Waals surface area (Å²) in [4.78, 5) is 4.31. The van der Waals surface area contributed by atoms with Gasteiger partial charge in [-0.2, -0.15) is 0 Å². The molecule has 0 radical (unpaired) electrons. The van der Waals surface area contributed by atoms with Crippen LogP contribution in [-0.2, 0) is 9.84 Å². The Hall–Kier alpha value is -1.94. The summed E-state index contributed by atoms with van der Waals surface area (Å²) in [7, 11) is -3.38. The van der Waals surface area contributed by atoms with Crippen molar-refractivity contribution in [2.45, 2.75) is 4.90 Å². The highest BCUT2D eigenvalue weighted by Gasteiger charge is 2.08. The lowest BCUT2D eigenvalue weighted by Gasteiger charge is -1.97. The molecule has 0 aliphatic rings. The van der Waals surface area contributed by atoms with Crippen molar-refractivity contribution in [3.8, 4) is 0 Å². The van der Waals surface area contributed by atoms with Gasteiger partial charge in [0.2, 0.25) is 0 Å². The van der Waals surface area contributed by atoms with E-state index in [1.807, 2.05) is 6.07 Å². The Morgan fingerprint density at radius 3 is 2.29 bits per heavy atom. The summed E-state index contributed by atoms with van der Waals surface area (Å²) in [5.41, 5.74) is 0.618. The topological polar surface area (TPSA) is 47.0 Å². The van der Waals surface area contributed by atoms with Gasteiger partial charge in [0.1, 0.15) is 0 Å². The quantitative estimate of drug-likeness (QED) is 0.834. The lowest BCUT2D eigenvalue weighted by molar-refractivity contribution is 0.605. The van der Waals surface area contributed by atoms with Crippen molar-refractivity contribution < 1.29 is 8.42 Å². The normalized spacial score (nSPS) is 11.8. The number of pyridine rings is 1. The van der Waals surface area contributed by atoms with Gasteiger partial charge in [0.15, 0.2) is 9.84 Å². The molecule has 1 aromatic heterocycles. The number of rotatable bonds is 3. The molecule has 86 valence electrons. The molecule has 4 heteroatoms. The number of aromatic nitrogens is 1. The van der Waals surface area contributed by atoms with E-state index in [-0.39, 0.29) is 4.90 Å². The maximum atomic E-state index is 11.9. The summed E-state index contributed by atoms with van der Waals surface area (Å²) in [6, 6.07) is 13.6. The molecule has 0 amide bonds. The van der Waals surface area contributed by atoms with Crippen LogP contribution in [0.4, 0.5) is 0 Å². The number of benzene rings is 1. The average molecular weight is 245 g/mol. The van der Waals surface area contributed by atoms with Crippen LogP contribution in [0.5, 0.6) is 0 Å². The van der Waals surface area contributed by atoms with E-state index in [4.69, 9.17) is 0 Å². The van der Waals surface area contributed by atoms with Crippen LogP contribution in [0.3, 0.4) is 0 Å². The Morgan fingerprint density at radius 1 is 0.941 bits per heavy atom. The van der Waals surface area contributed by atoms with E-state index in [1.54, 1.807) is 48.7 Å². The fraction of sp³-hybridized carbons (Fsp3) is 0. The molecule has 0 spiro atoms. The van der Waals surface area contributed by atoms with Crippen molar-refractivity contribution in [3.05, 3.63) is 65.8 Å². The summed E-state index contributed by atoms with van der Waals surface area (Å²) in [6.07, 6.45) is 3.11. The third kappa shape index (κ3) is 3.01. The molecule has 17 heavy (non-hydrogen) atoms. The molecular weight excluding hydrogens is 234 g/mol. The van der Waals surface area contributed by atoms with Crippen LogP contribution in [0.25, 0.3) is 6.08 Å². The zero-order chi connectivity index (χ0) is 12.1. The van der Waals surface area contributed by atoms with E-state index in [2.05, 4.69) is 4.98 Å². The van der Waals surface area contributed by atoms with Gasteiger partial charge in [-0.1, -0.05) is 24.3 Å². The second kappa shape index (κ2) is 4.93. The van der Waals surface area contributed by atoms with Gasteiger partial charge in [-0.25, -0.2) is 8.42 Å². The van der Waals surface area contributed by atoms with Crippen molar-refractivity contribution in [2.75, 3.05) is 0 Å². The van der Waals surface area contributed by atoms with Crippen LogP contribution in [0.1, 0.15) is 5.69 Å². The minimum absolute atomic E-state index is 0.284. The second-order valence-corrected chi connectivity index (χ2v) is 5.25. The van der Waals surface area contributed by atoms with Gasteiger partial charge in [0, 0.05) is 11.6 Å². The van der Waals surface area contributed by atoms with Crippen molar-refractivity contribution in [3.63, 3.8) is 0 Å². The number of sulfone groups is 1. The van der Waals surface area contributed by atoms with E-state index in [1.165, 1.54) is 11.5 Å². The van der Waals surface area contributed by atoms with Gasteiger partial charge in [0.25, 0.3) is 0 Å². The number of hydrogen-bond acceptors (Lipinski definition) is 3. The highest BCUT2D eigenvalue weighted by Crippen LogP contribution is 2.12. The molecular formula is C13H11NO2S. The van der Waals surface area contributed by atoms with Gasteiger partial charge in [-0.15, -0.1) is 0 Å². The second-order valence-electron chi connectivity index (χ2n) is 3.42. The summed E-state index contributed by atoms with van der Waals surface area (Å²) in [5.74, 6) is 0. The molecule has 0 saturated carbocycles. The zero-order valence-electron chi connectivity index (χ0n) is 9.02. The van der Waals surface area contributed by atoms with Crippen molar-refractivity contribution >= 4 is 15.9 Å². The molecule has 0 bridgehead atoms. The number of nitrogens with zero attached hydrogens (tertiary/aromatic N) is 1. The minimum atomic E-state index is -3.38. The smallest absolute Gasteiger partial charge is 0.199 e. The molecule has 0 aliphatic heterocycles. The molecule has 0 unspecified atom stereocenters. The Bertz CT molecular complexity index is 604.